The molecule has 2 aliphatic heterocycles. The highest BCUT2D eigenvalue weighted by molar-refractivity contribution is 7.14. The molecular formula is C33H39N3O5S. The van der Waals surface area contributed by atoms with Crippen molar-refractivity contribution in [1.82, 2.24) is 9.88 Å². The summed E-state index contributed by atoms with van der Waals surface area (Å²) in [6, 6.07) is 11.8. The van der Waals surface area contributed by atoms with E-state index in [1.165, 1.54) is 0 Å². The Labute approximate surface area is 251 Å². The molecular weight excluding hydrogens is 550 g/mol. The monoisotopic (exact) mass is 589 g/mol. The van der Waals surface area contributed by atoms with Gasteiger partial charge in [-0.1, -0.05) is 17.7 Å². The first kappa shape index (κ1) is 28.7. The van der Waals surface area contributed by atoms with Crippen LogP contribution in [0, 0.1) is 31.6 Å². The summed E-state index contributed by atoms with van der Waals surface area (Å²) < 4.78 is 6.35. The van der Waals surface area contributed by atoms with Crippen LogP contribution in [0.1, 0.15) is 59.7 Å². The number of ether oxygens (including phenoxy) is 1. The van der Waals surface area contributed by atoms with Gasteiger partial charge in [-0.2, -0.15) is 0 Å². The predicted molar refractivity (Wildman–Crippen MR) is 163 cm³/mol. The van der Waals surface area contributed by atoms with E-state index in [4.69, 9.17) is 9.72 Å². The predicted octanol–water partition coefficient (Wildman–Crippen LogP) is 5.54. The number of aliphatic hydroxyl groups is 1. The summed E-state index contributed by atoms with van der Waals surface area (Å²) in [6.07, 6.45) is 3.46. The smallest absolute Gasteiger partial charge is 0.307 e. The number of rotatable bonds is 7. The van der Waals surface area contributed by atoms with Crippen LogP contribution in [-0.2, 0) is 11.4 Å². The molecule has 0 spiro atoms. The molecule has 2 aromatic carbocycles. The number of β-amino-alcohol motifs (C(OH)–C–C–N with tert-alkyl or cyclic N) is 1. The van der Waals surface area contributed by atoms with Crippen LogP contribution < -0.4 is 9.64 Å². The van der Waals surface area contributed by atoms with Crippen molar-refractivity contribution >= 4 is 28.3 Å². The molecule has 0 radical (unpaired) electrons. The number of likely N-dealkylation sites (tertiary alicyclic amines) is 1. The molecule has 1 amide bonds. The molecule has 4 atom stereocenters. The highest BCUT2D eigenvalue weighted by atomic mass is 32.1. The molecule has 3 fully saturated rings. The van der Waals surface area contributed by atoms with Gasteiger partial charge in [-0.05, 0) is 93.7 Å². The van der Waals surface area contributed by atoms with Crippen LogP contribution >= 0.6 is 11.3 Å². The Balaban J connectivity index is 1.15. The minimum Gasteiger partial charge on any atom is -0.488 e. The lowest BCUT2D eigenvalue weighted by Crippen LogP contribution is -2.48. The molecule has 3 aliphatic rings. The van der Waals surface area contributed by atoms with Gasteiger partial charge in [0.15, 0.2) is 5.13 Å². The molecule has 2 bridgehead atoms. The standard InChI is InChI=1S/C33H39N3O5S/c1-20-5-10-28(41-17-25-9-6-22(14-21(25)2)30(37)35-12-4-11-33(3,40)19-35)26(13-20)27-18-42-32(34-27)36-15-23-7-8-24(16-36)29(23)31(38)39/h5-6,9-10,13-14,18,23-24,29,40H,4,7-8,11-12,15-17,19H2,1-3H3,(H,38,39)/t23-,24+,29?,33?. The van der Waals surface area contributed by atoms with Gasteiger partial charge in [0.1, 0.15) is 12.4 Å². The topological polar surface area (TPSA) is 103 Å². The second kappa shape index (κ2) is 11.3. The summed E-state index contributed by atoms with van der Waals surface area (Å²) >= 11 is 1.60. The fourth-order valence-electron chi connectivity index (χ4n) is 7.01. The van der Waals surface area contributed by atoms with Crippen LogP contribution in [0.2, 0.25) is 0 Å². The fourth-order valence-corrected chi connectivity index (χ4v) is 7.85. The lowest BCUT2D eigenvalue weighted by molar-refractivity contribution is -0.144. The van der Waals surface area contributed by atoms with E-state index >= 15 is 0 Å². The molecule has 3 aromatic rings. The van der Waals surface area contributed by atoms with E-state index in [0.29, 0.717) is 31.7 Å². The van der Waals surface area contributed by atoms with Crippen LogP contribution in [0.15, 0.2) is 41.8 Å². The van der Waals surface area contributed by atoms with Gasteiger partial charge in [-0.25, -0.2) is 4.98 Å². The number of carbonyl (C=O) groups excluding carboxylic acids is 1. The number of amides is 1. The number of carboxylic acid groups (broad SMARTS) is 1. The van der Waals surface area contributed by atoms with Gasteiger partial charge in [-0.3, -0.25) is 9.59 Å². The number of fused-ring (bicyclic) bond motifs is 2. The number of benzene rings is 2. The van der Waals surface area contributed by atoms with Crippen molar-refractivity contribution < 1.29 is 24.5 Å². The normalized spacial score (nSPS) is 25.5. The Hall–Kier alpha value is -3.43. The molecule has 2 saturated heterocycles. The number of carboxylic acids is 1. The molecule has 222 valence electrons. The maximum Gasteiger partial charge on any atom is 0.307 e. The van der Waals surface area contributed by atoms with Gasteiger partial charge >= 0.3 is 5.97 Å². The Morgan fingerprint density at radius 3 is 2.57 bits per heavy atom. The van der Waals surface area contributed by atoms with Crippen molar-refractivity contribution in [1.29, 1.82) is 0 Å². The van der Waals surface area contributed by atoms with E-state index in [1.54, 1.807) is 23.2 Å². The van der Waals surface area contributed by atoms with Gasteiger partial charge in [0.25, 0.3) is 5.91 Å². The van der Waals surface area contributed by atoms with Gasteiger partial charge in [0.2, 0.25) is 0 Å². The van der Waals surface area contributed by atoms with Crippen molar-refractivity contribution in [2.24, 2.45) is 17.8 Å². The van der Waals surface area contributed by atoms with Gasteiger partial charge in [-0.15, -0.1) is 11.3 Å². The van der Waals surface area contributed by atoms with Crippen molar-refractivity contribution in [3.8, 4) is 17.0 Å². The zero-order valence-electron chi connectivity index (χ0n) is 24.5. The van der Waals surface area contributed by atoms with Crippen LogP contribution in [0.25, 0.3) is 11.3 Å². The van der Waals surface area contributed by atoms with Crippen LogP contribution in [0.3, 0.4) is 0 Å². The molecule has 1 saturated carbocycles. The summed E-state index contributed by atoms with van der Waals surface area (Å²) in [5.74, 6) is 0.186. The van der Waals surface area contributed by atoms with Gasteiger partial charge < -0.3 is 24.7 Å². The highest BCUT2D eigenvalue weighted by Crippen LogP contribution is 2.44. The Morgan fingerprint density at radius 2 is 1.88 bits per heavy atom. The minimum atomic E-state index is -0.836. The summed E-state index contributed by atoms with van der Waals surface area (Å²) in [4.78, 5) is 33.9. The summed E-state index contributed by atoms with van der Waals surface area (Å²) in [7, 11) is 0. The third-order valence-electron chi connectivity index (χ3n) is 9.23. The van der Waals surface area contributed by atoms with Gasteiger partial charge in [0, 0.05) is 42.7 Å². The van der Waals surface area contributed by atoms with Crippen molar-refractivity contribution in [3.63, 3.8) is 0 Å². The zero-order valence-corrected chi connectivity index (χ0v) is 25.3. The van der Waals surface area contributed by atoms with E-state index in [9.17, 15) is 19.8 Å². The second-order valence-corrected chi connectivity index (χ2v) is 13.5. The van der Waals surface area contributed by atoms with E-state index in [1.807, 2.05) is 37.3 Å². The minimum absolute atomic E-state index is 0.0501. The maximum absolute atomic E-state index is 13.1. The Morgan fingerprint density at radius 1 is 1.12 bits per heavy atom. The number of carbonyl (C=O) groups is 2. The van der Waals surface area contributed by atoms with Crippen molar-refractivity contribution in [2.45, 2.75) is 58.7 Å². The van der Waals surface area contributed by atoms with Crippen LogP contribution in [0.5, 0.6) is 5.75 Å². The van der Waals surface area contributed by atoms with Crippen molar-refractivity contribution in [2.75, 3.05) is 31.1 Å². The quantitative estimate of drug-likeness (QED) is 0.373. The Bertz CT molecular complexity index is 1490. The Kier molecular flexibility index (Phi) is 7.74. The maximum atomic E-state index is 13.1. The molecule has 1 aliphatic carbocycles. The largest absolute Gasteiger partial charge is 0.488 e. The second-order valence-electron chi connectivity index (χ2n) is 12.6. The van der Waals surface area contributed by atoms with E-state index in [2.05, 4.69) is 23.3 Å². The van der Waals surface area contributed by atoms with Gasteiger partial charge in [0.05, 0.1) is 17.2 Å². The van der Waals surface area contributed by atoms with E-state index in [-0.39, 0.29) is 23.7 Å². The lowest BCUT2D eigenvalue weighted by atomic mass is 9.85. The summed E-state index contributed by atoms with van der Waals surface area (Å²) in [5, 5.41) is 23.1. The number of anilines is 1. The van der Waals surface area contributed by atoms with E-state index in [0.717, 1.165) is 71.2 Å². The fraction of sp³-hybridized carbons (Fsp3) is 0.485. The lowest BCUT2D eigenvalue weighted by Gasteiger charge is -2.36. The molecule has 2 unspecified atom stereocenters. The number of hydrogen-bond donors (Lipinski definition) is 2. The first-order valence-corrected chi connectivity index (χ1v) is 15.7. The number of aliphatic carboxylic acids is 1. The first-order chi connectivity index (χ1) is 20.1. The molecule has 9 heteroatoms. The number of aryl methyl sites for hydroxylation is 2. The van der Waals surface area contributed by atoms with E-state index < -0.39 is 11.6 Å². The number of aromatic nitrogens is 1. The van der Waals surface area contributed by atoms with Crippen LogP contribution in [-0.4, -0.2) is 63.8 Å². The molecule has 8 nitrogen and oxygen atoms in total. The molecule has 3 heterocycles. The molecule has 1 aromatic heterocycles. The third kappa shape index (κ3) is 5.77. The molecule has 2 N–H and O–H groups in total. The SMILES string of the molecule is Cc1ccc(OCc2ccc(C(=O)N3CCCC(C)(O)C3)cc2C)c(-c2csc(N3C[C@H]4CC[C@@H](C3)C4C(=O)O)n2)c1. The average Bonchev–Trinajstić information content (AvgIpc) is 3.54. The first-order valence-electron chi connectivity index (χ1n) is 14.9. The summed E-state index contributed by atoms with van der Waals surface area (Å²) in [6.45, 7) is 8.69. The number of nitrogens with zero attached hydrogens (tertiary/aromatic N) is 3. The van der Waals surface area contributed by atoms with Crippen LogP contribution in [0.4, 0.5) is 5.13 Å². The van der Waals surface area contributed by atoms with Crippen molar-refractivity contribution in [3.05, 3.63) is 64.0 Å². The number of hydrogen-bond acceptors (Lipinski definition) is 7. The number of thiazole rings is 1. The third-order valence-corrected chi connectivity index (χ3v) is 10.1. The number of piperidine rings is 2. The zero-order chi connectivity index (χ0) is 29.6. The molecule has 6 rings (SSSR count). The summed E-state index contributed by atoms with van der Waals surface area (Å²) in [5.41, 5.74) is 4.67. The molecule has 42 heavy (non-hydrogen) atoms. The highest BCUT2D eigenvalue weighted by Gasteiger charge is 2.46. The average molecular weight is 590 g/mol.